The van der Waals surface area contributed by atoms with E-state index < -0.39 is 11.6 Å². The smallest absolute Gasteiger partial charge is 0.371 e. The molecule has 1 saturated heterocycles. The number of aromatic carboxylic acids is 1. The number of hydrogen-bond donors (Lipinski definition) is 3. The van der Waals surface area contributed by atoms with Crippen molar-refractivity contribution in [3.63, 3.8) is 0 Å². The normalized spacial score (nSPS) is 23.4. The summed E-state index contributed by atoms with van der Waals surface area (Å²) in [6.45, 7) is 3.51. The second kappa shape index (κ2) is 5.09. The molecule has 1 atom stereocenters. The summed E-state index contributed by atoms with van der Waals surface area (Å²) in [6.07, 6.45) is 0.616. The Labute approximate surface area is 105 Å². The molecule has 0 amide bonds. The number of carboxylic acid groups (broad SMARTS) is 1. The number of carboxylic acids is 1. The Balaban J connectivity index is 1.88. The van der Waals surface area contributed by atoms with Gasteiger partial charge in [0.15, 0.2) is 0 Å². The van der Waals surface area contributed by atoms with E-state index in [1.807, 2.05) is 0 Å². The molecule has 0 spiro atoms. The van der Waals surface area contributed by atoms with Crippen molar-refractivity contribution in [3.8, 4) is 0 Å². The molecule has 1 aliphatic rings. The van der Waals surface area contributed by atoms with Gasteiger partial charge in [-0.25, -0.2) is 4.79 Å². The Bertz CT molecular complexity index is 434. The summed E-state index contributed by atoms with van der Waals surface area (Å²) in [6, 6.07) is 1.50. The quantitative estimate of drug-likeness (QED) is 0.710. The first-order chi connectivity index (χ1) is 8.50. The van der Waals surface area contributed by atoms with Gasteiger partial charge in [0.05, 0.1) is 6.61 Å². The van der Waals surface area contributed by atoms with Crippen LogP contribution in [0.4, 0.5) is 0 Å². The first-order valence-corrected chi connectivity index (χ1v) is 5.84. The van der Waals surface area contributed by atoms with Crippen LogP contribution in [-0.4, -0.2) is 41.5 Å². The van der Waals surface area contributed by atoms with Crippen LogP contribution in [0, 0.1) is 6.92 Å². The highest BCUT2D eigenvalue weighted by Crippen LogP contribution is 2.18. The van der Waals surface area contributed by atoms with Gasteiger partial charge in [-0.2, -0.15) is 0 Å². The molecule has 6 nitrogen and oxygen atoms in total. The van der Waals surface area contributed by atoms with Gasteiger partial charge in [-0.1, -0.05) is 0 Å². The minimum Gasteiger partial charge on any atom is -0.475 e. The Morgan fingerprint density at radius 3 is 2.94 bits per heavy atom. The standard InChI is InChI=1S/C12H17NO5/c1-8-9(4-10(18-8)11(14)15)5-13-6-12(16)2-3-17-7-12/h4,13,16H,2-3,5-7H2,1H3,(H,14,15). The second-order valence-electron chi connectivity index (χ2n) is 4.63. The molecule has 0 radical (unpaired) electrons. The number of furan rings is 1. The predicted octanol–water partition coefficient (Wildman–Crippen LogP) is 0.527. The van der Waals surface area contributed by atoms with E-state index in [1.54, 1.807) is 6.92 Å². The zero-order valence-electron chi connectivity index (χ0n) is 10.2. The van der Waals surface area contributed by atoms with E-state index in [2.05, 4.69) is 5.32 Å². The van der Waals surface area contributed by atoms with Crippen LogP contribution in [-0.2, 0) is 11.3 Å². The predicted molar refractivity (Wildman–Crippen MR) is 62.5 cm³/mol. The molecule has 1 aromatic heterocycles. The Kier molecular flexibility index (Phi) is 3.70. The third kappa shape index (κ3) is 2.90. The summed E-state index contributed by atoms with van der Waals surface area (Å²) in [5.41, 5.74) is -0.0253. The Morgan fingerprint density at radius 2 is 2.39 bits per heavy atom. The Hall–Kier alpha value is -1.37. The summed E-state index contributed by atoms with van der Waals surface area (Å²) in [5.74, 6) is -0.561. The van der Waals surface area contributed by atoms with E-state index in [0.29, 0.717) is 38.5 Å². The lowest BCUT2D eigenvalue weighted by molar-refractivity contribution is 0.0268. The van der Waals surface area contributed by atoms with Gasteiger partial charge in [0.1, 0.15) is 11.4 Å². The molecule has 1 fully saturated rings. The van der Waals surface area contributed by atoms with E-state index in [4.69, 9.17) is 14.3 Å². The summed E-state index contributed by atoms with van der Waals surface area (Å²) in [4.78, 5) is 10.7. The number of aliphatic hydroxyl groups is 1. The third-order valence-corrected chi connectivity index (χ3v) is 3.08. The number of nitrogens with one attached hydrogen (secondary N) is 1. The van der Waals surface area contributed by atoms with Crippen molar-refractivity contribution in [1.82, 2.24) is 5.32 Å². The maximum atomic E-state index is 10.7. The molecule has 6 heteroatoms. The average molecular weight is 255 g/mol. The van der Waals surface area contributed by atoms with Crippen molar-refractivity contribution >= 4 is 5.97 Å². The molecular weight excluding hydrogens is 238 g/mol. The molecule has 2 heterocycles. The molecule has 1 aliphatic heterocycles. The van der Waals surface area contributed by atoms with E-state index in [1.165, 1.54) is 6.07 Å². The maximum Gasteiger partial charge on any atom is 0.371 e. The molecule has 2 rings (SSSR count). The molecule has 0 aromatic carbocycles. The van der Waals surface area contributed by atoms with Gasteiger partial charge in [0, 0.05) is 31.7 Å². The van der Waals surface area contributed by atoms with Gasteiger partial charge in [0.25, 0.3) is 0 Å². The van der Waals surface area contributed by atoms with Crippen molar-refractivity contribution in [1.29, 1.82) is 0 Å². The highest BCUT2D eigenvalue weighted by Gasteiger charge is 2.31. The van der Waals surface area contributed by atoms with Crippen LogP contribution in [0.25, 0.3) is 0 Å². The molecule has 1 unspecified atom stereocenters. The zero-order valence-corrected chi connectivity index (χ0v) is 10.2. The molecule has 1 aromatic rings. The number of hydrogen-bond acceptors (Lipinski definition) is 5. The molecule has 0 bridgehead atoms. The van der Waals surface area contributed by atoms with E-state index in [0.717, 1.165) is 5.56 Å². The molecule has 18 heavy (non-hydrogen) atoms. The van der Waals surface area contributed by atoms with Gasteiger partial charge in [-0.15, -0.1) is 0 Å². The first kappa shape index (κ1) is 13.1. The zero-order chi connectivity index (χ0) is 13.2. The maximum absolute atomic E-state index is 10.7. The summed E-state index contributed by atoms with van der Waals surface area (Å²) >= 11 is 0. The molecule has 0 saturated carbocycles. The molecule has 3 N–H and O–H groups in total. The minimum absolute atomic E-state index is 0.0628. The minimum atomic E-state index is -1.08. The molecule has 0 aliphatic carbocycles. The highest BCUT2D eigenvalue weighted by atomic mass is 16.5. The van der Waals surface area contributed by atoms with Crippen molar-refractivity contribution in [2.75, 3.05) is 19.8 Å². The van der Waals surface area contributed by atoms with Crippen molar-refractivity contribution in [3.05, 3.63) is 23.2 Å². The number of carbonyl (C=O) groups is 1. The van der Waals surface area contributed by atoms with Gasteiger partial charge < -0.3 is 24.7 Å². The number of aryl methyl sites for hydroxylation is 1. The van der Waals surface area contributed by atoms with Crippen LogP contribution in [0.3, 0.4) is 0 Å². The second-order valence-corrected chi connectivity index (χ2v) is 4.63. The number of rotatable bonds is 5. The molecular formula is C12H17NO5. The van der Waals surface area contributed by atoms with Crippen LogP contribution >= 0.6 is 0 Å². The largest absolute Gasteiger partial charge is 0.475 e. The fourth-order valence-electron chi connectivity index (χ4n) is 1.97. The van der Waals surface area contributed by atoms with Crippen molar-refractivity contribution < 1.29 is 24.2 Å². The van der Waals surface area contributed by atoms with Gasteiger partial charge in [-0.3, -0.25) is 0 Å². The third-order valence-electron chi connectivity index (χ3n) is 3.08. The average Bonchev–Trinajstić information content (AvgIpc) is 2.87. The van der Waals surface area contributed by atoms with E-state index in [-0.39, 0.29) is 5.76 Å². The summed E-state index contributed by atoms with van der Waals surface area (Å²) < 4.78 is 10.2. The fraction of sp³-hybridized carbons (Fsp3) is 0.583. The summed E-state index contributed by atoms with van der Waals surface area (Å²) in [7, 11) is 0. The van der Waals surface area contributed by atoms with Crippen molar-refractivity contribution in [2.24, 2.45) is 0 Å². The van der Waals surface area contributed by atoms with Gasteiger partial charge >= 0.3 is 5.97 Å². The van der Waals surface area contributed by atoms with Crippen LogP contribution in [0.5, 0.6) is 0 Å². The lowest BCUT2D eigenvalue weighted by Gasteiger charge is -2.20. The van der Waals surface area contributed by atoms with Crippen LogP contribution < -0.4 is 5.32 Å². The van der Waals surface area contributed by atoms with E-state index in [9.17, 15) is 9.90 Å². The first-order valence-electron chi connectivity index (χ1n) is 5.84. The lowest BCUT2D eigenvalue weighted by Crippen LogP contribution is -2.40. The Morgan fingerprint density at radius 1 is 1.61 bits per heavy atom. The van der Waals surface area contributed by atoms with Crippen LogP contribution in [0.15, 0.2) is 10.5 Å². The summed E-state index contributed by atoms with van der Waals surface area (Å²) in [5, 5.41) is 21.9. The molecule has 100 valence electrons. The highest BCUT2D eigenvalue weighted by molar-refractivity contribution is 5.84. The van der Waals surface area contributed by atoms with E-state index >= 15 is 0 Å². The van der Waals surface area contributed by atoms with Gasteiger partial charge in [0.2, 0.25) is 5.76 Å². The number of ether oxygens (including phenoxy) is 1. The van der Waals surface area contributed by atoms with Gasteiger partial charge in [-0.05, 0) is 13.0 Å². The van der Waals surface area contributed by atoms with Crippen LogP contribution in [0.1, 0.15) is 28.3 Å². The van der Waals surface area contributed by atoms with Crippen molar-refractivity contribution in [2.45, 2.75) is 25.5 Å². The monoisotopic (exact) mass is 255 g/mol. The fourth-order valence-corrected chi connectivity index (χ4v) is 1.97. The van der Waals surface area contributed by atoms with Crippen LogP contribution in [0.2, 0.25) is 0 Å². The topological polar surface area (TPSA) is 91.9 Å². The lowest BCUT2D eigenvalue weighted by atomic mass is 10.0. The SMILES string of the molecule is Cc1oc(C(=O)O)cc1CNCC1(O)CCOC1.